The number of nitrogens with two attached hydrogens (primary N) is 1. The quantitative estimate of drug-likeness (QED) is 0.210. The average Bonchev–Trinajstić information content (AvgIpc) is 3.07. The second kappa shape index (κ2) is 15.9. The number of likely N-dealkylation sites (tertiary alicyclic amines) is 1. The van der Waals surface area contributed by atoms with Gasteiger partial charge in [0.15, 0.2) is 0 Å². The Kier molecular flexibility index (Phi) is 12.0. The molecule has 4 aromatic rings. The molecule has 1 fully saturated rings. The van der Waals surface area contributed by atoms with Crippen molar-refractivity contribution in [2.45, 2.75) is 52.1 Å². The van der Waals surface area contributed by atoms with E-state index in [9.17, 15) is 14.4 Å². The minimum atomic E-state index is -0.214. The Morgan fingerprint density at radius 3 is 2.28 bits per heavy atom. The van der Waals surface area contributed by atoms with Crippen LogP contribution in [0.5, 0.6) is 0 Å². The summed E-state index contributed by atoms with van der Waals surface area (Å²) in [4.78, 5) is 43.9. The van der Waals surface area contributed by atoms with E-state index in [4.69, 9.17) is 5.73 Å². The fourth-order valence-corrected chi connectivity index (χ4v) is 6.42. The van der Waals surface area contributed by atoms with Gasteiger partial charge in [0.2, 0.25) is 11.8 Å². The molecule has 5 rings (SSSR count). The van der Waals surface area contributed by atoms with E-state index in [2.05, 4.69) is 48.6 Å². The monoisotopic (exact) mass is 640 g/mol. The number of fused-ring (bicyclic) bond motifs is 1. The van der Waals surface area contributed by atoms with Crippen LogP contribution in [-0.4, -0.2) is 59.7 Å². The maximum Gasteiger partial charge on any atom is 0.251 e. The fraction of sp³-hybridized carbons (Fsp3) is 0.342. The maximum absolute atomic E-state index is 14.3. The summed E-state index contributed by atoms with van der Waals surface area (Å²) in [5, 5.41) is 5.14. The van der Waals surface area contributed by atoms with Gasteiger partial charge in [0.25, 0.3) is 5.91 Å². The van der Waals surface area contributed by atoms with Crippen LogP contribution >= 0.6 is 12.4 Å². The number of nitrogens with one attached hydrogen (secondary N) is 1. The first kappa shape index (κ1) is 34.7. The van der Waals surface area contributed by atoms with Crippen molar-refractivity contribution in [3.63, 3.8) is 0 Å². The second-order valence-electron chi connectivity index (χ2n) is 12.3. The third kappa shape index (κ3) is 7.95. The van der Waals surface area contributed by atoms with Gasteiger partial charge in [-0.1, -0.05) is 92.7 Å². The Labute approximate surface area is 278 Å². The fourth-order valence-electron chi connectivity index (χ4n) is 6.42. The van der Waals surface area contributed by atoms with Gasteiger partial charge in [0, 0.05) is 43.7 Å². The van der Waals surface area contributed by atoms with Gasteiger partial charge in [0.1, 0.15) is 0 Å². The van der Waals surface area contributed by atoms with E-state index in [0.717, 1.165) is 45.9 Å². The minimum absolute atomic E-state index is 0. The number of piperidine rings is 1. The summed E-state index contributed by atoms with van der Waals surface area (Å²) in [5.41, 5.74) is 9.92. The predicted molar refractivity (Wildman–Crippen MR) is 188 cm³/mol. The molecule has 1 aliphatic rings. The van der Waals surface area contributed by atoms with Crippen LogP contribution in [0.4, 0.5) is 0 Å². The van der Waals surface area contributed by atoms with Gasteiger partial charge in [0.05, 0.1) is 12.5 Å². The number of carbonyl (C=O) groups is 3. The zero-order valence-corrected chi connectivity index (χ0v) is 27.8. The van der Waals surface area contributed by atoms with Crippen molar-refractivity contribution < 1.29 is 14.4 Å². The summed E-state index contributed by atoms with van der Waals surface area (Å²) in [6.45, 7) is 8.00. The lowest BCUT2D eigenvalue weighted by Crippen LogP contribution is -2.50. The maximum atomic E-state index is 14.3. The Bertz CT molecular complexity index is 1660. The molecular weight excluding hydrogens is 596 g/mol. The second-order valence-corrected chi connectivity index (χ2v) is 12.3. The number of amides is 3. The number of hydrogen-bond acceptors (Lipinski definition) is 4. The molecule has 0 radical (unpaired) electrons. The van der Waals surface area contributed by atoms with Crippen LogP contribution in [0.3, 0.4) is 0 Å². The molecule has 0 spiro atoms. The number of rotatable bonds is 10. The molecule has 4 aromatic carbocycles. The highest BCUT2D eigenvalue weighted by atomic mass is 35.5. The summed E-state index contributed by atoms with van der Waals surface area (Å²) in [6, 6.07) is 29.9. The standard InChI is InChI=1S/C38H44N4O3.ClH/c1-26(2)38(45)41-21-17-33(18-22-41)42(36(43)24-28-15-16-29-9-4-5-10-31(29)23-28)27(3)30-11-8-12-32(25-30)34-13-6-7-14-35(34)37(44)40-20-19-39;/h4-16,23,25-27,33H,17-22,24,39H2,1-3H3,(H,40,44);1H. The number of halogens is 1. The zero-order valence-electron chi connectivity index (χ0n) is 26.9. The highest BCUT2D eigenvalue weighted by molar-refractivity contribution is 6.01. The lowest BCUT2D eigenvalue weighted by molar-refractivity contribution is -0.139. The Morgan fingerprint density at radius 2 is 1.57 bits per heavy atom. The normalized spacial score (nSPS) is 14.1. The molecule has 46 heavy (non-hydrogen) atoms. The molecule has 0 aromatic heterocycles. The molecule has 8 heteroatoms. The zero-order chi connectivity index (χ0) is 31.9. The van der Waals surface area contributed by atoms with Crippen molar-refractivity contribution in [1.29, 1.82) is 0 Å². The Morgan fingerprint density at radius 1 is 0.870 bits per heavy atom. The van der Waals surface area contributed by atoms with Crippen LogP contribution in [0.25, 0.3) is 21.9 Å². The lowest BCUT2D eigenvalue weighted by atomic mass is 9.93. The van der Waals surface area contributed by atoms with Crippen LogP contribution in [0.2, 0.25) is 0 Å². The molecule has 0 aliphatic carbocycles. The molecule has 3 N–H and O–H groups in total. The molecule has 3 amide bonds. The number of hydrogen-bond donors (Lipinski definition) is 2. The van der Waals surface area contributed by atoms with Crippen molar-refractivity contribution in [3.05, 3.63) is 108 Å². The first-order valence-electron chi connectivity index (χ1n) is 16.0. The molecule has 1 aliphatic heterocycles. The lowest BCUT2D eigenvalue weighted by Gasteiger charge is -2.42. The van der Waals surface area contributed by atoms with Crippen LogP contribution in [0.15, 0.2) is 91.0 Å². The summed E-state index contributed by atoms with van der Waals surface area (Å²) in [5.74, 6) is 0.0225. The number of benzene rings is 4. The van der Waals surface area contributed by atoms with E-state index in [0.29, 0.717) is 38.2 Å². The molecule has 7 nitrogen and oxygen atoms in total. The molecule has 242 valence electrons. The van der Waals surface area contributed by atoms with Crippen LogP contribution in [-0.2, 0) is 16.0 Å². The van der Waals surface area contributed by atoms with E-state index < -0.39 is 0 Å². The van der Waals surface area contributed by atoms with Gasteiger partial charge in [-0.3, -0.25) is 14.4 Å². The molecule has 1 unspecified atom stereocenters. The first-order chi connectivity index (χ1) is 21.8. The summed E-state index contributed by atoms with van der Waals surface area (Å²) >= 11 is 0. The van der Waals surface area contributed by atoms with Crippen molar-refractivity contribution >= 4 is 40.9 Å². The average molecular weight is 641 g/mol. The van der Waals surface area contributed by atoms with Crippen molar-refractivity contribution in [2.75, 3.05) is 26.2 Å². The van der Waals surface area contributed by atoms with Gasteiger partial charge in [-0.05, 0) is 64.9 Å². The van der Waals surface area contributed by atoms with Crippen molar-refractivity contribution in [1.82, 2.24) is 15.1 Å². The molecule has 1 atom stereocenters. The van der Waals surface area contributed by atoms with Gasteiger partial charge in [-0.25, -0.2) is 0 Å². The van der Waals surface area contributed by atoms with Gasteiger partial charge in [-0.15, -0.1) is 12.4 Å². The minimum Gasteiger partial charge on any atom is -0.351 e. The van der Waals surface area contributed by atoms with E-state index in [1.54, 1.807) is 0 Å². The SMILES string of the molecule is CC(C)C(=O)N1CCC(N(C(=O)Cc2ccc3ccccc3c2)C(C)c2cccc(-c3ccccc3C(=O)NCCN)c2)CC1.Cl. The number of nitrogens with zero attached hydrogens (tertiary/aromatic N) is 2. The third-order valence-electron chi connectivity index (χ3n) is 8.82. The van der Waals surface area contributed by atoms with E-state index >= 15 is 0 Å². The predicted octanol–water partition coefficient (Wildman–Crippen LogP) is 6.40. The van der Waals surface area contributed by atoms with E-state index in [-0.39, 0.29) is 48.1 Å². The topological polar surface area (TPSA) is 95.7 Å². The first-order valence-corrected chi connectivity index (χ1v) is 16.0. The van der Waals surface area contributed by atoms with E-state index in [1.165, 1.54) is 0 Å². The largest absolute Gasteiger partial charge is 0.351 e. The highest BCUT2D eigenvalue weighted by Gasteiger charge is 2.33. The third-order valence-corrected chi connectivity index (χ3v) is 8.82. The summed E-state index contributed by atoms with van der Waals surface area (Å²) < 4.78 is 0. The van der Waals surface area contributed by atoms with Gasteiger partial charge >= 0.3 is 0 Å². The molecule has 1 heterocycles. The smallest absolute Gasteiger partial charge is 0.251 e. The summed E-state index contributed by atoms with van der Waals surface area (Å²) in [6.07, 6.45) is 1.76. The van der Waals surface area contributed by atoms with Gasteiger partial charge in [-0.2, -0.15) is 0 Å². The molecule has 1 saturated heterocycles. The number of carbonyl (C=O) groups excluding carboxylic acids is 3. The van der Waals surface area contributed by atoms with E-state index in [1.807, 2.05) is 78.2 Å². The molecular formula is C38H45ClN4O3. The van der Waals surface area contributed by atoms with Crippen LogP contribution in [0, 0.1) is 5.92 Å². The van der Waals surface area contributed by atoms with Crippen LogP contribution < -0.4 is 11.1 Å². The van der Waals surface area contributed by atoms with Crippen LogP contribution in [0.1, 0.15) is 61.1 Å². The molecule has 0 bridgehead atoms. The Balaban J connectivity index is 0.00000480. The highest BCUT2D eigenvalue weighted by Crippen LogP contribution is 2.32. The molecule has 0 saturated carbocycles. The Hall–Kier alpha value is -4.20. The van der Waals surface area contributed by atoms with Crippen molar-refractivity contribution in [2.24, 2.45) is 11.7 Å². The summed E-state index contributed by atoms with van der Waals surface area (Å²) in [7, 11) is 0. The van der Waals surface area contributed by atoms with Gasteiger partial charge < -0.3 is 20.9 Å². The van der Waals surface area contributed by atoms with Crippen molar-refractivity contribution in [3.8, 4) is 11.1 Å².